The van der Waals surface area contributed by atoms with Gasteiger partial charge in [0.15, 0.2) is 0 Å². The van der Waals surface area contributed by atoms with E-state index in [-0.39, 0.29) is 12.1 Å². The average Bonchev–Trinajstić information content (AvgIpc) is 2.74. The Morgan fingerprint density at radius 3 is 2.43 bits per heavy atom. The minimum absolute atomic E-state index is 0.208. The van der Waals surface area contributed by atoms with Crippen LogP contribution in [-0.2, 0) is 17.1 Å². The van der Waals surface area contributed by atoms with Crippen molar-refractivity contribution in [3.05, 3.63) is 94.5 Å². The molecule has 0 spiro atoms. The van der Waals surface area contributed by atoms with Crippen molar-refractivity contribution in [3.63, 3.8) is 0 Å². The summed E-state index contributed by atoms with van der Waals surface area (Å²) in [4.78, 5) is 27.3. The van der Waals surface area contributed by atoms with E-state index in [0.717, 1.165) is 16.0 Å². The van der Waals surface area contributed by atoms with E-state index < -0.39 is 17.7 Å². The molecule has 1 aliphatic rings. The van der Waals surface area contributed by atoms with Crippen LogP contribution in [0.25, 0.3) is 0 Å². The fraction of sp³-hybridized carbons (Fsp3) is 0.130. The van der Waals surface area contributed by atoms with E-state index in [2.05, 4.69) is 10.6 Å². The highest BCUT2D eigenvalue weighted by atomic mass is 35.5. The van der Waals surface area contributed by atoms with Gasteiger partial charge in [0.2, 0.25) is 0 Å². The lowest BCUT2D eigenvalue weighted by Gasteiger charge is -2.42. The predicted molar refractivity (Wildman–Crippen MR) is 116 cm³/mol. The number of carbonyl (C=O) groups excluding carboxylic acids is 2. The van der Waals surface area contributed by atoms with Gasteiger partial charge < -0.3 is 15.7 Å². The molecule has 3 N–H and O–H groups in total. The Morgan fingerprint density at radius 1 is 1.07 bits per heavy atom. The van der Waals surface area contributed by atoms with Gasteiger partial charge >= 0.3 is 6.03 Å². The Balaban J connectivity index is 1.74. The number of carbonyl (C=O) groups is 2. The first-order chi connectivity index (χ1) is 14.4. The average molecular weight is 422 g/mol. The summed E-state index contributed by atoms with van der Waals surface area (Å²) >= 11 is 5.97. The highest BCUT2D eigenvalue weighted by Gasteiger charge is 2.51. The van der Waals surface area contributed by atoms with Crippen molar-refractivity contribution < 1.29 is 14.7 Å². The van der Waals surface area contributed by atoms with Crippen LogP contribution in [0.15, 0.2) is 72.8 Å². The number of nitrogens with one attached hydrogen (secondary N) is 2. The number of halogens is 1. The van der Waals surface area contributed by atoms with Gasteiger partial charge in [-0.2, -0.15) is 0 Å². The zero-order valence-corrected chi connectivity index (χ0v) is 17.0. The van der Waals surface area contributed by atoms with Crippen LogP contribution in [0.1, 0.15) is 16.7 Å². The van der Waals surface area contributed by atoms with Crippen molar-refractivity contribution in [2.24, 2.45) is 0 Å². The van der Waals surface area contributed by atoms with Crippen LogP contribution in [0.3, 0.4) is 0 Å². The lowest BCUT2D eigenvalue weighted by atomic mass is 9.94. The smallest absolute Gasteiger partial charge is 0.329 e. The van der Waals surface area contributed by atoms with Crippen molar-refractivity contribution in [1.29, 1.82) is 0 Å². The quantitative estimate of drug-likeness (QED) is 0.591. The molecule has 30 heavy (non-hydrogen) atoms. The maximum Gasteiger partial charge on any atom is 0.329 e. The number of aryl methyl sites for hydroxylation is 1. The van der Waals surface area contributed by atoms with Crippen LogP contribution < -0.4 is 15.5 Å². The van der Waals surface area contributed by atoms with E-state index in [1.807, 2.05) is 31.2 Å². The number of fused-ring (bicyclic) bond motifs is 1. The van der Waals surface area contributed by atoms with E-state index in [1.165, 1.54) is 0 Å². The molecule has 0 saturated carbocycles. The van der Waals surface area contributed by atoms with E-state index in [1.54, 1.807) is 48.5 Å². The van der Waals surface area contributed by atoms with Gasteiger partial charge in [0, 0.05) is 22.8 Å². The third kappa shape index (κ3) is 3.51. The molecule has 0 radical (unpaired) electrons. The Bertz CT molecular complexity index is 1100. The number of amides is 3. The van der Waals surface area contributed by atoms with Gasteiger partial charge in [-0.05, 0) is 42.8 Å². The number of urea groups is 1. The van der Waals surface area contributed by atoms with Crippen molar-refractivity contribution in [3.8, 4) is 0 Å². The number of anilines is 2. The first-order valence-corrected chi connectivity index (χ1v) is 9.80. The van der Waals surface area contributed by atoms with Crippen molar-refractivity contribution >= 4 is 34.9 Å². The van der Waals surface area contributed by atoms with Crippen molar-refractivity contribution in [2.75, 3.05) is 10.2 Å². The normalized spacial score (nSPS) is 17.8. The summed E-state index contributed by atoms with van der Waals surface area (Å²) in [5.41, 5.74) is 0.734. The molecule has 152 valence electrons. The van der Waals surface area contributed by atoms with Gasteiger partial charge in [-0.3, -0.25) is 9.69 Å². The molecule has 4 rings (SSSR count). The second-order valence-corrected chi connectivity index (χ2v) is 7.56. The number of nitrogens with zero attached hydrogens (tertiary/aromatic N) is 1. The molecule has 7 heteroatoms. The molecule has 1 heterocycles. The summed E-state index contributed by atoms with van der Waals surface area (Å²) < 4.78 is 0. The summed E-state index contributed by atoms with van der Waals surface area (Å²) in [7, 11) is 0. The van der Waals surface area contributed by atoms with E-state index in [4.69, 9.17) is 11.6 Å². The summed E-state index contributed by atoms with van der Waals surface area (Å²) in [5, 5.41) is 17.7. The molecule has 3 aromatic carbocycles. The lowest BCUT2D eigenvalue weighted by Crippen LogP contribution is -2.62. The third-order valence-corrected chi connectivity index (χ3v) is 5.30. The maximum atomic E-state index is 13.3. The Labute approximate surface area is 179 Å². The monoisotopic (exact) mass is 421 g/mol. The molecule has 3 amide bonds. The van der Waals surface area contributed by atoms with Crippen molar-refractivity contribution in [1.82, 2.24) is 5.32 Å². The van der Waals surface area contributed by atoms with E-state index in [0.29, 0.717) is 16.4 Å². The van der Waals surface area contributed by atoms with Gasteiger partial charge in [-0.25, -0.2) is 4.79 Å². The molecular weight excluding hydrogens is 402 g/mol. The zero-order valence-electron chi connectivity index (χ0n) is 16.2. The van der Waals surface area contributed by atoms with Crippen molar-refractivity contribution in [2.45, 2.75) is 19.2 Å². The molecule has 3 aromatic rings. The molecule has 0 aliphatic carbocycles. The number of hydrogen-bond acceptors (Lipinski definition) is 3. The Kier molecular flexibility index (Phi) is 5.20. The van der Waals surface area contributed by atoms with Crippen LogP contribution in [0.4, 0.5) is 16.2 Å². The van der Waals surface area contributed by atoms with Gasteiger partial charge in [-0.1, -0.05) is 59.6 Å². The topological polar surface area (TPSA) is 81.7 Å². The number of aliphatic hydroxyl groups is 1. The molecule has 1 atom stereocenters. The van der Waals surface area contributed by atoms with Gasteiger partial charge in [-0.15, -0.1) is 0 Å². The Hall–Kier alpha value is -3.35. The number of para-hydroxylation sites is 1. The molecule has 1 unspecified atom stereocenters. The van der Waals surface area contributed by atoms with E-state index in [9.17, 15) is 14.7 Å². The van der Waals surface area contributed by atoms with Gasteiger partial charge in [0.05, 0.1) is 5.69 Å². The molecule has 6 nitrogen and oxygen atoms in total. The van der Waals surface area contributed by atoms with Gasteiger partial charge in [0.1, 0.15) is 0 Å². The first kappa shape index (κ1) is 19.9. The number of benzene rings is 3. The molecule has 0 fully saturated rings. The second-order valence-electron chi connectivity index (χ2n) is 7.13. The van der Waals surface area contributed by atoms with Crippen LogP contribution in [0.5, 0.6) is 0 Å². The summed E-state index contributed by atoms with van der Waals surface area (Å²) in [6.07, 6.45) is 0. The first-order valence-electron chi connectivity index (χ1n) is 9.42. The third-order valence-electron chi connectivity index (χ3n) is 5.05. The SMILES string of the molecule is Cc1ccc(CNC(=O)C2(O)c3ccccc3NC(=O)N2c2ccc(Cl)cc2)cc1. The summed E-state index contributed by atoms with van der Waals surface area (Å²) in [6.45, 7) is 2.19. The standard InChI is InChI=1S/C23H20ClN3O3/c1-15-6-8-16(9-7-15)14-25-21(28)23(30)19-4-2-3-5-20(19)26-22(29)27(23)18-12-10-17(24)11-13-18/h2-13,30H,14H2,1H3,(H,25,28)(H,26,29). The largest absolute Gasteiger partial charge is 0.359 e. The van der Waals surface area contributed by atoms with Gasteiger partial charge in [0.25, 0.3) is 11.6 Å². The highest BCUT2D eigenvalue weighted by molar-refractivity contribution is 6.30. The fourth-order valence-corrected chi connectivity index (χ4v) is 3.59. The fourth-order valence-electron chi connectivity index (χ4n) is 3.46. The minimum Gasteiger partial charge on any atom is -0.359 e. The van der Waals surface area contributed by atoms with Crippen LogP contribution in [0, 0.1) is 6.92 Å². The molecule has 1 aliphatic heterocycles. The van der Waals surface area contributed by atoms with E-state index >= 15 is 0 Å². The molecule has 0 saturated heterocycles. The summed E-state index contributed by atoms with van der Waals surface area (Å²) in [6, 6.07) is 20.1. The minimum atomic E-state index is -2.24. The second kappa shape index (κ2) is 7.82. The maximum absolute atomic E-state index is 13.3. The molecule has 0 aromatic heterocycles. The Morgan fingerprint density at radius 2 is 1.73 bits per heavy atom. The molecular formula is C23H20ClN3O3. The van der Waals surface area contributed by atoms with Crippen LogP contribution in [-0.4, -0.2) is 17.0 Å². The number of hydrogen-bond donors (Lipinski definition) is 3. The highest BCUT2D eigenvalue weighted by Crippen LogP contribution is 2.39. The number of rotatable bonds is 4. The van der Waals surface area contributed by atoms with Crippen LogP contribution >= 0.6 is 11.6 Å². The summed E-state index contributed by atoms with van der Waals surface area (Å²) in [5.74, 6) is -0.708. The van der Waals surface area contributed by atoms with Crippen LogP contribution in [0.2, 0.25) is 5.02 Å². The zero-order chi connectivity index (χ0) is 21.3. The predicted octanol–water partition coefficient (Wildman–Crippen LogP) is 4.16. The lowest BCUT2D eigenvalue weighted by molar-refractivity contribution is -0.140. The molecule has 0 bridgehead atoms.